The molecule has 1 aliphatic rings. The first-order valence-corrected chi connectivity index (χ1v) is 10.6. The average molecular weight is 436 g/mol. The van der Waals surface area contributed by atoms with Crippen LogP contribution in [0.4, 0.5) is 9.93 Å². The first kappa shape index (κ1) is 20.9. The summed E-state index contributed by atoms with van der Waals surface area (Å²) < 4.78 is 5.31. The van der Waals surface area contributed by atoms with Gasteiger partial charge >= 0.3 is 6.03 Å². The second-order valence-electron chi connectivity index (χ2n) is 7.07. The van der Waals surface area contributed by atoms with Gasteiger partial charge in [0.1, 0.15) is 0 Å². The Labute approximate surface area is 183 Å². The molecular formula is C22H21N5O3S. The van der Waals surface area contributed by atoms with Crippen LogP contribution in [0.25, 0.3) is 21.7 Å². The van der Waals surface area contributed by atoms with Crippen LogP contribution in [-0.2, 0) is 11.3 Å². The quantitative estimate of drug-likeness (QED) is 0.650. The molecule has 9 heteroatoms. The lowest BCUT2D eigenvalue weighted by molar-refractivity contribution is 0.0564. The van der Waals surface area contributed by atoms with Gasteiger partial charge in [-0.1, -0.05) is 23.5 Å². The molecule has 2 N–H and O–H groups in total. The maximum atomic E-state index is 12.7. The normalized spacial score (nSPS) is 13.6. The Kier molecular flexibility index (Phi) is 6.23. The number of carbonyl (C=O) groups is 1. The highest BCUT2D eigenvalue weighted by atomic mass is 32.1. The Bertz CT molecular complexity index is 1150. The summed E-state index contributed by atoms with van der Waals surface area (Å²) in [7, 11) is 0. The Balaban J connectivity index is 1.75. The van der Waals surface area contributed by atoms with E-state index in [4.69, 9.17) is 4.74 Å². The fourth-order valence-corrected chi connectivity index (χ4v) is 4.35. The second-order valence-corrected chi connectivity index (χ2v) is 8.06. The minimum Gasteiger partial charge on any atom is -0.390 e. The van der Waals surface area contributed by atoms with Crippen molar-refractivity contribution in [3.05, 3.63) is 53.3 Å². The van der Waals surface area contributed by atoms with Gasteiger partial charge in [0.2, 0.25) is 0 Å². The largest absolute Gasteiger partial charge is 0.390 e. The Hall–Kier alpha value is -3.32. The number of amides is 2. The van der Waals surface area contributed by atoms with Gasteiger partial charge in [0, 0.05) is 24.3 Å². The summed E-state index contributed by atoms with van der Waals surface area (Å²) in [5, 5.41) is 22.2. The van der Waals surface area contributed by atoms with E-state index in [1.807, 2.05) is 25.1 Å². The van der Waals surface area contributed by atoms with Gasteiger partial charge in [-0.05, 0) is 36.8 Å². The standard InChI is InChI=1S/C22H21N5O3S/c1-14-9-17(11-18(13-28)24-14)20-19(16-4-2-3-15(10-16)12-23)25-21(31-20)26-22(29)27-5-7-30-8-6-27/h2-4,9-11,28H,5-8,13H2,1H3,(H,25,26,29). The second kappa shape index (κ2) is 9.22. The number of carbonyl (C=O) groups excluding carboxylic acids is 1. The van der Waals surface area contributed by atoms with Crippen molar-refractivity contribution in [1.29, 1.82) is 5.26 Å². The van der Waals surface area contributed by atoms with Crippen LogP contribution in [0.5, 0.6) is 0 Å². The smallest absolute Gasteiger partial charge is 0.323 e. The highest BCUT2D eigenvalue weighted by Crippen LogP contribution is 2.39. The minimum atomic E-state index is -0.220. The van der Waals surface area contributed by atoms with Gasteiger partial charge in [-0.25, -0.2) is 9.78 Å². The third kappa shape index (κ3) is 4.72. The number of ether oxygens (including phenoxy) is 1. The fourth-order valence-electron chi connectivity index (χ4n) is 3.39. The zero-order chi connectivity index (χ0) is 21.8. The predicted molar refractivity (Wildman–Crippen MR) is 118 cm³/mol. The molecule has 0 aliphatic carbocycles. The summed E-state index contributed by atoms with van der Waals surface area (Å²) in [6.45, 7) is 3.79. The molecule has 1 aromatic carbocycles. The number of nitrogens with one attached hydrogen (secondary N) is 1. The first-order valence-electron chi connectivity index (χ1n) is 9.81. The number of aromatic nitrogens is 2. The SMILES string of the molecule is Cc1cc(-c2sc(NC(=O)N3CCOCC3)nc2-c2cccc(C#N)c2)cc(CO)n1. The number of anilines is 1. The van der Waals surface area contributed by atoms with Crippen LogP contribution in [0.1, 0.15) is 17.0 Å². The number of thiazole rings is 1. The van der Waals surface area contributed by atoms with Gasteiger partial charge in [0.15, 0.2) is 5.13 Å². The number of urea groups is 1. The number of nitriles is 1. The number of morpholine rings is 1. The highest BCUT2D eigenvalue weighted by molar-refractivity contribution is 7.19. The molecule has 158 valence electrons. The summed E-state index contributed by atoms with van der Waals surface area (Å²) in [6.07, 6.45) is 0. The van der Waals surface area contributed by atoms with E-state index < -0.39 is 0 Å². The molecule has 1 fully saturated rings. The number of aliphatic hydroxyl groups is 1. The maximum Gasteiger partial charge on any atom is 0.323 e. The van der Waals surface area contributed by atoms with Crippen molar-refractivity contribution in [1.82, 2.24) is 14.9 Å². The van der Waals surface area contributed by atoms with Crippen molar-refractivity contribution in [3.8, 4) is 27.8 Å². The van der Waals surface area contributed by atoms with Crippen LogP contribution >= 0.6 is 11.3 Å². The molecule has 0 spiro atoms. The number of aliphatic hydroxyl groups excluding tert-OH is 1. The van der Waals surface area contributed by atoms with Gasteiger partial charge < -0.3 is 14.7 Å². The summed E-state index contributed by atoms with van der Waals surface area (Å²) in [5.41, 5.74) is 4.13. The van der Waals surface area contributed by atoms with Crippen molar-refractivity contribution >= 4 is 22.5 Å². The van der Waals surface area contributed by atoms with Crippen molar-refractivity contribution in [2.24, 2.45) is 0 Å². The van der Waals surface area contributed by atoms with Crippen LogP contribution in [0.2, 0.25) is 0 Å². The van der Waals surface area contributed by atoms with Gasteiger partial charge in [0.25, 0.3) is 0 Å². The number of benzene rings is 1. The summed E-state index contributed by atoms with van der Waals surface area (Å²) in [6, 6.07) is 12.8. The summed E-state index contributed by atoms with van der Waals surface area (Å²) in [5.74, 6) is 0. The van der Waals surface area contributed by atoms with Crippen molar-refractivity contribution in [3.63, 3.8) is 0 Å². The van der Waals surface area contributed by atoms with Crippen molar-refractivity contribution < 1.29 is 14.6 Å². The zero-order valence-electron chi connectivity index (χ0n) is 17.0. The number of hydrogen-bond donors (Lipinski definition) is 2. The number of aryl methyl sites for hydroxylation is 1. The van der Waals surface area contributed by atoms with Gasteiger partial charge in [-0.15, -0.1) is 0 Å². The van der Waals surface area contributed by atoms with E-state index in [1.165, 1.54) is 11.3 Å². The molecule has 1 saturated heterocycles. The van der Waals surface area contributed by atoms with Gasteiger partial charge in [-0.2, -0.15) is 5.26 Å². The Morgan fingerprint density at radius 1 is 1.26 bits per heavy atom. The molecule has 2 amide bonds. The molecule has 0 bridgehead atoms. The highest BCUT2D eigenvalue weighted by Gasteiger charge is 2.21. The summed E-state index contributed by atoms with van der Waals surface area (Å²) >= 11 is 1.35. The molecule has 1 aliphatic heterocycles. The lowest BCUT2D eigenvalue weighted by Gasteiger charge is -2.26. The van der Waals surface area contributed by atoms with Crippen LogP contribution < -0.4 is 5.32 Å². The van der Waals surface area contributed by atoms with Crippen molar-refractivity contribution in [2.45, 2.75) is 13.5 Å². The Morgan fingerprint density at radius 3 is 2.81 bits per heavy atom. The molecule has 0 radical (unpaired) electrons. The van der Waals surface area contributed by atoms with Crippen LogP contribution in [0, 0.1) is 18.3 Å². The molecule has 4 rings (SSSR count). The molecule has 8 nitrogen and oxygen atoms in total. The number of nitrogens with zero attached hydrogens (tertiary/aromatic N) is 4. The van der Waals surface area contributed by atoms with E-state index in [0.29, 0.717) is 48.4 Å². The third-order valence-corrected chi connectivity index (χ3v) is 5.85. The van der Waals surface area contributed by atoms with E-state index in [-0.39, 0.29) is 12.6 Å². The van der Waals surface area contributed by atoms with E-state index in [9.17, 15) is 15.2 Å². The number of rotatable bonds is 4. The lowest BCUT2D eigenvalue weighted by Crippen LogP contribution is -2.43. The van der Waals surface area contributed by atoms with Crippen LogP contribution in [-0.4, -0.2) is 52.3 Å². The molecule has 2 aromatic heterocycles. The van der Waals surface area contributed by atoms with E-state index in [0.717, 1.165) is 21.7 Å². The number of pyridine rings is 1. The maximum absolute atomic E-state index is 12.7. The van der Waals surface area contributed by atoms with Gasteiger partial charge in [-0.3, -0.25) is 10.3 Å². The molecule has 31 heavy (non-hydrogen) atoms. The summed E-state index contributed by atoms with van der Waals surface area (Å²) in [4.78, 5) is 24.2. The molecule has 0 unspecified atom stereocenters. The van der Waals surface area contributed by atoms with Crippen LogP contribution in [0.3, 0.4) is 0 Å². The topological polar surface area (TPSA) is 111 Å². The first-order chi connectivity index (χ1) is 15.1. The fraction of sp³-hybridized carbons (Fsp3) is 0.273. The molecule has 3 aromatic rings. The van der Waals surface area contributed by atoms with E-state index >= 15 is 0 Å². The monoisotopic (exact) mass is 435 g/mol. The van der Waals surface area contributed by atoms with Gasteiger partial charge in [0.05, 0.1) is 47.7 Å². The lowest BCUT2D eigenvalue weighted by atomic mass is 10.0. The number of hydrogen-bond acceptors (Lipinski definition) is 7. The average Bonchev–Trinajstić information content (AvgIpc) is 3.23. The zero-order valence-corrected chi connectivity index (χ0v) is 17.8. The van der Waals surface area contributed by atoms with Crippen LogP contribution in [0.15, 0.2) is 36.4 Å². The molecule has 0 saturated carbocycles. The van der Waals surface area contributed by atoms with Crippen molar-refractivity contribution in [2.75, 3.05) is 31.6 Å². The predicted octanol–water partition coefficient (Wildman–Crippen LogP) is 3.41. The molecular weight excluding hydrogens is 414 g/mol. The van der Waals surface area contributed by atoms with E-state index in [2.05, 4.69) is 21.4 Å². The minimum absolute atomic E-state index is 0.173. The molecule has 3 heterocycles. The Morgan fingerprint density at radius 2 is 2.06 bits per heavy atom. The molecule has 0 atom stereocenters. The third-order valence-electron chi connectivity index (χ3n) is 4.84. The van der Waals surface area contributed by atoms with E-state index in [1.54, 1.807) is 23.1 Å².